The van der Waals surface area contributed by atoms with E-state index in [0.717, 1.165) is 6.07 Å². The predicted octanol–water partition coefficient (Wildman–Crippen LogP) is 0.882. The van der Waals surface area contributed by atoms with Crippen LogP contribution in [0.5, 0.6) is 0 Å². The second-order valence-electron chi connectivity index (χ2n) is 4.53. The van der Waals surface area contributed by atoms with Gasteiger partial charge in [0.2, 0.25) is 5.95 Å². The maximum absolute atomic E-state index is 13.0. The van der Waals surface area contributed by atoms with Gasteiger partial charge in [0.25, 0.3) is 0 Å². The van der Waals surface area contributed by atoms with Crippen molar-refractivity contribution in [1.29, 1.82) is 0 Å². The molecule has 1 heterocycles. The molecule has 0 aliphatic rings. The van der Waals surface area contributed by atoms with E-state index >= 15 is 0 Å². The van der Waals surface area contributed by atoms with Gasteiger partial charge in [-0.1, -0.05) is 18.2 Å². The van der Waals surface area contributed by atoms with Crippen molar-refractivity contribution in [2.45, 2.75) is 11.6 Å². The maximum atomic E-state index is 13.0. The lowest BCUT2D eigenvalue weighted by Crippen LogP contribution is -2.55. The molecule has 106 valence electrons. The molecule has 5 N–H and O–H groups in total. The van der Waals surface area contributed by atoms with Gasteiger partial charge < -0.3 is 16.6 Å². The van der Waals surface area contributed by atoms with Gasteiger partial charge in [0, 0.05) is 6.20 Å². The Hall–Kier alpha value is -1.89. The first-order valence-corrected chi connectivity index (χ1v) is 6.02. The van der Waals surface area contributed by atoms with Crippen LogP contribution in [0.1, 0.15) is 11.1 Å². The third kappa shape index (κ3) is 2.53. The summed E-state index contributed by atoms with van der Waals surface area (Å²) in [5.74, 6) is -1.06. The topological polar surface area (TPSA) is 85.2 Å². The average molecular weight is 279 g/mol. The van der Waals surface area contributed by atoms with Crippen LogP contribution in [0.3, 0.4) is 0 Å². The highest BCUT2D eigenvalue weighted by atomic mass is 19.1. The van der Waals surface area contributed by atoms with E-state index in [1.807, 2.05) is 0 Å². The summed E-state index contributed by atoms with van der Waals surface area (Å²) in [6.07, 6.45) is 1.26. The van der Waals surface area contributed by atoms with E-state index in [2.05, 4.69) is 4.98 Å². The minimum absolute atomic E-state index is 0.384. The zero-order valence-electron chi connectivity index (χ0n) is 10.6. The molecule has 0 amide bonds. The van der Waals surface area contributed by atoms with Gasteiger partial charge >= 0.3 is 0 Å². The van der Waals surface area contributed by atoms with E-state index in [1.165, 1.54) is 36.5 Å². The number of nitrogens with zero attached hydrogens (tertiary/aromatic N) is 1. The Morgan fingerprint density at radius 2 is 1.70 bits per heavy atom. The van der Waals surface area contributed by atoms with Gasteiger partial charge in [0.1, 0.15) is 5.82 Å². The van der Waals surface area contributed by atoms with Crippen molar-refractivity contribution in [3.05, 3.63) is 65.5 Å². The second-order valence-corrected chi connectivity index (χ2v) is 4.53. The first-order valence-electron chi connectivity index (χ1n) is 6.02. The number of hydrogen-bond donors (Lipinski definition) is 3. The molecule has 0 bridgehead atoms. The van der Waals surface area contributed by atoms with Crippen LogP contribution in [-0.2, 0) is 5.54 Å². The zero-order chi connectivity index (χ0) is 14.8. The molecule has 0 fully saturated rings. The fourth-order valence-corrected chi connectivity index (χ4v) is 2.09. The summed E-state index contributed by atoms with van der Waals surface area (Å²) in [5, 5.41) is 9.33. The lowest BCUT2D eigenvalue weighted by molar-refractivity contribution is 0.223. The van der Waals surface area contributed by atoms with Crippen LogP contribution in [-0.4, -0.2) is 22.7 Å². The standard InChI is InChI=1S/C14H15F2N3O/c15-11-4-1-9(2-5-11)14(18,12(17)8-20)10-3-6-13(16)19-7-10/h1-7,12,20H,8,17-18H2/t12-,14-/m0/s1. The van der Waals surface area contributed by atoms with Gasteiger partial charge in [-0.05, 0) is 29.3 Å². The van der Waals surface area contributed by atoms with Crippen molar-refractivity contribution in [3.8, 4) is 0 Å². The number of halogens is 2. The number of hydrogen-bond acceptors (Lipinski definition) is 4. The molecule has 1 aromatic carbocycles. The number of pyridine rings is 1. The van der Waals surface area contributed by atoms with Crippen LogP contribution in [0.25, 0.3) is 0 Å². The molecule has 0 radical (unpaired) electrons. The minimum atomic E-state index is -1.29. The van der Waals surface area contributed by atoms with E-state index in [9.17, 15) is 13.9 Å². The molecular weight excluding hydrogens is 264 g/mol. The van der Waals surface area contributed by atoms with E-state index in [4.69, 9.17) is 11.5 Å². The average Bonchev–Trinajstić information content (AvgIpc) is 2.47. The predicted molar refractivity (Wildman–Crippen MR) is 70.6 cm³/mol. The quantitative estimate of drug-likeness (QED) is 0.725. The van der Waals surface area contributed by atoms with Crippen LogP contribution < -0.4 is 11.5 Å². The van der Waals surface area contributed by atoms with Crippen LogP contribution in [0, 0.1) is 11.8 Å². The minimum Gasteiger partial charge on any atom is -0.395 e. The number of aliphatic hydroxyl groups is 1. The molecule has 0 spiro atoms. The smallest absolute Gasteiger partial charge is 0.212 e. The molecular formula is C14H15F2N3O. The lowest BCUT2D eigenvalue weighted by Gasteiger charge is -2.35. The molecule has 2 aromatic rings. The van der Waals surface area contributed by atoms with Crippen molar-refractivity contribution < 1.29 is 13.9 Å². The summed E-state index contributed by atoms with van der Waals surface area (Å²) in [7, 11) is 0. The molecule has 20 heavy (non-hydrogen) atoms. The van der Waals surface area contributed by atoms with E-state index < -0.39 is 23.3 Å². The molecule has 0 saturated carbocycles. The highest BCUT2D eigenvalue weighted by molar-refractivity contribution is 5.39. The Bertz CT molecular complexity index is 526. The monoisotopic (exact) mass is 279 g/mol. The first-order chi connectivity index (χ1) is 9.48. The highest BCUT2D eigenvalue weighted by Gasteiger charge is 2.36. The van der Waals surface area contributed by atoms with E-state index in [1.54, 1.807) is 0 Å². The van der Waals surface area contributed by atoms with Gasteiger partial charge in [-0.25, -0.2) is 9.37 Å². The molecule has 0 saturated heterocycles. The third-order valence-electron chi connectivity index (χ3n) is 3.31. The second kappa shape index (κ2) is 5.62. The van der Waals surface area contributed by atoms with Crippen molar-refractivity contribution in [2.75, 3.05) is 6.61 Å². The summed E-state index contributed by atoms with van der Waals surface area (Å²) >= 11 is 0. The summed E-state index contributed by atoms with van der Waals surface area (Å²) in [5.41, 5.74) is 11.9. The van der Waals surface area contributed by atoms with Crippen molar-refractivity contribution in [3.63, 3.8) is 0 Å². The number of rotatable bonds is 4. The Morgan fingerprint density at radius 1 is 1.10 bits per heavy atom. The highest BCUT2D eigenvalue weighted by Crippen LogP contribution is 2.29. The number of aliphatic hydroxyl groups excluding tert-OH is 1. The van der Waals surface area contributed by atoms with Gasteiger partial charge in [0.15, 0.2) is 0 Å². The molecule has 0 aliphatic heterocycles. The Kier molecular flexibility index (Phi) is 4.08. The van der Waals surface area contributed by atoms with Gasteiger partial charge in [-0.15, -0.1) is 0 Å². The fourth-order valence-electron chi connectivity index (χ4n) is 2.09. The Balaban J connectivity index is 2.55. The number of aromatic nitrogens is 1. The zero-order valence-corrected chi connectivity index (χ0v) is 10.6. The molecule has 0 aliphatic carbocycles. The van der Waals surface area contributed by atoms with Crippen LogP contribution in [0.4, 0.5) is 8.78 Å². The fraction of sp³-hybridized carbons (Fsp3) is 0.214. The molecule has 2 atom stereocenters. The Morgan fingerprint density at radius 3 is 2.20 bits per heavy atom. The number of benzene rings is 1. The van der Waals surface area contributed by atoms with Crippen molar-refractivity contribution in [1.82, 2.24) is 4.98 Å². The summed E-state index contributed by atoms with van der Waals surface area (Å²) in [6, 6.07) is 7.21. The third-order valence-corrected chi connectivity index (χ3v) is 3.31. The molecule has 4 nitrogen and oxygen atoms in total. The summed E-state index contributed by atoms with van der Waals surface area (Å²) in [4.78, 5) is 3.55. The summed E-state index contributed by atoms with van der Waals surface area (Å²) in [6.45, 7) is -0.384. The summed E-state index contributed by atoms with van der Waals surface area (Å²) < 4.78 is 26.0. The number of nitrogens with two attached hydrogens (primary N) is 2. The normalized spacial score (nSPS) is 15.7. The first kappa shape index (κ1) is 14.5. The largest absolute Gasteiger partial charge is 0.395 e. The van der Waals surface area contributed by atoms with Crippen molar-refractivity contribution in [2.24, 2.45) is 11.5 Å². The van der Waals surface area contributed by atoms with Gasteiger partial charge in [0.05, 0.1) is 18.2 Å². The van der Waals surface area contributed by atoms with Crippen molar-refractivity contribution >= 4 is 0 Å². The molecule has 1 aromatic heterocycles. The van der Waals surface area contributed by atoms with Gasteiger partial charge in [-0.3, -0.25) is 0 Å². The maximum Gasteiger partial charge on any atom is 0.212 e. The van der Waals surface area contributed by atoms with Crippen LogP contribution >= 0.6 is 0 Å². The molecule has 2 rings (SSSR count). The molecule has 6 heteroatoms. The van der Waals surface area contributed by atoms with Crippen LogP contribution in [0.2, 0.25) is 0 Å². The SMILES string of the molecule is N[C@@H](CO)[C@](N)(c1ccc(F)cc1)c1ccc(F)nc1. The van der Waals surface area contributed by atoms with E-state index in [0.29, 0.717) is 11.1 Å². The lowest BCUT2D eigenvalue weighted by atomic mass is 9.79. The van der Waals surface area contributed by atoms with Crippen LogP contribution in [0.15, 0.2) is 42.6 Å². The van der Waals surface area contributed by atoms with Gasteiger partial charge in [-0.2, -0.15) is 4.39 Å². The van der Waals surface area contributed by atoms with E-state index in [-0.39, 0.29) is 6.61 Å². The Labute approximate surface area is 115 Å². The molecule has 0 unspecified atom stereocenters.